The zero-order valence-corrected chi connectivity index (χ0v) is 12.2. The Morgan fingerprint density at radius 1 is 1.37 bits per heavy atom. The molecule has 3 nitrogen and oxygen atoms in total. The number of rotatable bonds is 5. The quantitative estimate of drug-likeness (QED) is 0.839. The molecule has 2 rings (SSSR count). The van der Waals surface area contributed by atoms with Gasteiger partial charge >= 0.3 is 0 Å². The zero-order valence-electron chi connectivity index (χ0n) is 11.3. The van der Waals surface area contributed by atoms with Crippen LogP contribution in [0.25, 0.3) is 0 Å². The predicted octanol–water partition coefficient (Wildman–Crippen LogP) is 3.15. The van der Waals surface area contributed by atoms with Crippen molar-refractivity contribution in [3.05, 3.63) is 24.3 Å². The van der Waals surface area contributed by atoms with Gasteiger partial charge in [0.25, 0.3) is 0 Å². The average molecular weight is 279 g/mol. The number of ether oxygens (including phenoxy) is 1. The summed E-state index contributed by atoms with van der Waals surface area (Å²) in [5.74, 6) is 2.45. The van der Waals surface area contributed by atoms with Crippen molar-refractivity contribution in [2.24, 2.45) is 5.92 Å². The monoisotopic (exact) mass is 279 g/mol. The molecule has 4 heteroatoms. The number of thiol groups is 1. The standard InChI is InChI=1S/C15H21NO2S/c1-12(8-11-19)6-9-16-13-4-2-3-5-14(13)18-10-7-15(16)17/h2-5,12,19H,6-11H2,1H3. The van der Waals surface area contributed by atoms with E-state index >= 15 is 0 Å². The Kier molecular flexibility index (Phi) is 5.14. The molecule has 0 saturated carbocycles. The Bertz CT molecular complexity index is 436. The molecule has 0 aromatic heterocycles. The lowest BCUT2D eigenvalue weighted by Gasteiger charge is -2.23. The van der Waals surface area contributed by atoms with Gasteiger partial charge in [-0.15, -0.1) is 0 Å². The second-order valence-corrected chi connectivity index (χ2v) is 5.46. The van der Waals surface area contributed by atoms with E-state index in [1.54, 1.807) is 0 Å². The van der Waals surface area contributed by atoms with Gasteiger partial charge in [-0.1, -0.05) is 19.1 Å². The predicted molar refractivity (Wildman–Crippen MR) is 81.2 cm³/mol. The highest BCUT2D eigenvalue weighted by atomic mass is 32.1. The van der Waals surface area contributed by atoms with E-state index in [4.69, 9.17) is 4.74 Å². The second-order valence-electron chi connectivity index (χ2n) is 5.02. The van der Waals surface area contributed by atoms with Crippen molar-refractivity contribution in [2.45, 2.75) is 26.2 Å². The number of amides is 1. The molecule has 1 atom stereocenters. The van der Waals surface area contributed by atoms with Crippen LogP contribution in [0.2, 0.25) is 0 Å². The zero-order chi connectivity index (χ0) is 13.7. The Morgan fingerprint density at radius 2 is 2.16 bits per heavy atom. The third kappa shape index (κ3) is 3.66. The van der Waals surface area contributed by atoms with E-state index in [9.17, 15) is 4.79 Å². The molecule has 104 valence electrons. The van der Waals surface area contributed by atoms with Crippen molar-refractivity contribution in [3.63, 3.8) is 0 Å². The maximum Gasteiger partial charge on any atom is 0.230 e. The molecular weight excluding hydrogens is 258 g/mol. The molecule has 1 amide bonds. The molecule has 0 spiro atoms. The smallest absolute Gasteiger partial charge is 0.230 e. The van der Waals surface area contributed by atoms with Crippen LogP contribution in [0, 0.1) is 5.92 Å². The summed E-state index contributed by atoms with van der Waals surface area (Å²) in [5.41, 5.74) is 0.906. The van der Waals surface area contributed by atoms with Crippen molar-refractivity contribution in [2.75, 3.05) is 23.8 Å². The Balaban J connectivity index is 2.10. The first-order valence-electron chi connectivity index (χ1n) is 6.85. The number of hydrogen-bond acceptors (Lipinski definition) is 3. The van der Waals surface area contributed by atoms with Gasteiger partial charge in [0.05, 0.1) is 18.7 Å². The van der Waals surface area contributed by atoms with Gasteiger partial charge in [0, 0.05) is 6.54 Å². The molecule has 1 heterocycles. The summed E-state index contributed by atoms with van der Waals surface area (Å²) in [4.78, 5) is 14.1. The summed E-state index contributed by atoms with van der Waals surface area (Å²) < 4.78 is 5.63. The number of carbonyl (C=O) groups is 1. The van der Waals surface area contributed by atoms with Crippen LogP contribution >= 0.6 is 12.6 Å². The lowest BCUT2D eigenvalue weighted by atomic mass is 10.0. The van der Waals surface area contributed by atoms with E-state index in [1.807, 2.05) is 29.2 Å². The Labute approximate surface area is 120 Å². The van der Waals surface area contributed by atoms with Gasteiger partial charge in [-0.2, -0.15) is 12.6 Å². The van der Waals surface area contributed by atoms with E-state index in [1.165, 1.54) is 0 Å². The SMILES string of the molecule is CC(CCS)CCN1C(=O)CCOc2ccccc21. The molecule has 0 saturated heterocycles. The number of fused-ring (bicyclic) bond motifs is 1. The van der Waals surface area contributed by atoms with Crippen LogP contribution < -0.4 is 9.64 Å². The van der Waals surface area contributed by atoms with Gasteiger partial charge in [0.15, 0.2) is 0 Å². The van der Waals surface area contributed by atoms with E-state index < -0.39 is 0 Å². The number of hydrogen-bond donors (Lipinski definition) is 1. The minimum Gasteiger partial charge on any atom is -0.491 e. The van der Waals surface area contributed by atoms with E-state index in [0.29, 0.717) is 18.9 Å². The van der Waals surface area contributed by atoms with Crippen LogP contribution in [0.15, 0.2) is 24.3 Å². The van der Waals surface area contributed by atoms with Crippen molar-refractivity contribution in [3.8, 4) is 5.75 Å². The minimum absolute atomic E-state index is 0.156. The number of para-hydroxylation sites is 2. The van der Waals surface area contributed by atoms with E-state index in [0.717, 1.165) is 36.6 Å². The molecule has 0 bridgehead atoms. The summed E-state index contributed by atoms with van der Waals surface area (Å²) in [7, 11) is 0. The van der Waals surface area contributed by atoms with Gasteiger partial charge in [-0.3, -0.25) is 4.79 Å². The molecule has 1 aromatic carbocycles. The number of benzene rings is 1. The summed E-state index contributed by atoms with van der Waals surface area (Å²) in [6.45, 7) is 3.44. The van der Waals surface area contributed by atoms with Gasteiger partial charge in [-0.05, 0) is 36.6 Å². The third-order valence-corrected chi connectivity index (χ3v) is 3.76. The highest BCUT2D eigenvalue weighted by Crippen LogP contribution is 2.31. The lowest BCUT2D eigenvalue weighted by molar-refractivity contribution is -0.118. The number of nitrogens with zero attached hydrogens (tertiary/aromatic N) is 1. The lowest BCUT2D eigenvalue weighted by Crippen LogP contribution is -2.32. The van der Waals surface area contributed by atoms with Crippen molar-refractivity contribution in [1.29, 1.82) is 0 Å². The van der Waals surface area contributed by atoms with E-state index in [-0.39, 0.29) is 5.91 Å². The minimum atomic E-state index is 0.156. The van der Waals surface area contributed by atoms with E-state index in [2.05, 4.69) is 19.6 Å². The molecular formula is C15H21NO2S. The third-order valence-electron chi connectivity index (χ3n) is 3.50. The van der Waals surface area contributed by atoms with Crippen LogP contribution in [-0.4, -0.2) is 24.8 Å². The first-order valence-corrected chi connectivity index (χ1v) is 7.48. The molecule has 0 radical (unpaired) electrons. The maximum atomic E-state index is 12.2. The Morgan fingerprint density at radius 3 is 2.95 bits per heavy atom. The average Bonchev–Trinajstić information content (AvgIpc) is 2.55. The topological polar surface area (TPSA) is 29.5 Å². The molecule has 0 N–H and O–H groups in total. The summed E-state index contributed by atoms with van der Waals surface area (Å²) in [6, 6.07) is 7.78. The number of carbonyl (C=O) groups excluding carboxylic acids is 1. The second kappa shape index (κ2) is 6.85. The number of anilines is 1. The van der Waals surface area contributed by atoms with Crippen molar-refractivity contribution >= 4 is 24.2 Å². The molecule has 0 aliphatic carbocycles. The van der Waals surface area contributed by atoms with Crippen LogP contribution in [0.3, 0.4) is 0 Å². The highest BCUT2D eigenvalue weighted by molar-refractivity contribution is 7.80. The molecule has 1 aromatic rings. The first-order chi connectivity index (χ1) is 9.22. The fourth-order valence-corrected chi connectivity index (χ4v) is 2.72. The maximum absolute atomic E-state index is 12.2. The normalized spacial score (nSPS) is 16.5. The van der Waals surface area contributed by atoms with Gasteiger partial charge < -0.3 is 9.64 Å². The van der Waals surface area contributed by atoms with Crippen LogP contribution in [0.5, 0.6) is 5.75 Å². The largest absolute Gasteiger partial charge is 0.491 e. The molecule has 0 fully saturated rings. The molecule has 1 aliphatic rings. The van der Waals surface area contributed by atoms with Gasteiger partial charge in [0.1, 0.15) is 5.75 Å². The van der Waals surface area contributed by atoms with Crippen LogP contribution in [-0.2, 0) is 4.79 Å². The highest BCUT2D eigenvalue weighted by Gasteiger charge is 2.22. The summed E-state index contributed by atoms with van der Waals surface area (Å²) in [6.07, 6.45) is 2.54. The molecule has 1 unspecified atom stereocenters. The van der Waals surface area contributed by atoms with Crippen molar-refractivity contribution < 1.29 is 9.53 Å². The van der Waals surface area contributed by atoms with Crippen molar-refractivity contribution in [1.82, 2.24) is 0 Å². The fourth-order valence-electron chi connectivity index (χ4n) is 2.28. The summed E-state index contributed by atoms with van der Waals surface area (Å²) in [5, 5.41) is 0. The molecule has 1 aliphatic heterocycles. The first kappa shape index (κ1) is 14.3. The molecule has 19 heavy (non-hydrogen) atoms. The Hall–Kier alpha value is -1.16. The fraction of sp³-hybridized carbons (Fsp3) is 0.533. The van der Waals surface area contributed by atoms with Gasteiger partial charge in [-0.25, -0.2) is 0 Å². The van der Waals surface area contributed by atoms with Crippen LogP contribution in [0.1, 0.15) is 26.2 Å². The van der Waals surface area contributed by atoms with Crippen LogP contribution in [0.4, 0.5) is 5.69 Å². The van der Waals surface area contributed by atoms with Gasteiger partial charge in [0.2, 0.25) is 5.91 Å². The summed E-state index contributed by atoms with van der Waals surface area (Å²) >= 11 is 4.26.